The van der Waals surface area contributed by atoms with E-state index in [1.165, 1.54) is 7.11 Å². The van der Waals surface area contributed by atoms with E-state index in [1.54, 1.807) is 24.3 Å². The van der Waals surface area contributed by atoms with Gasteiger partial charge in [-0.25, -0.2) is 0 Å². The molecule has 0 saturated heterocycles. The molecular formula is C12H14O4. The van der Waals surface area contributed by atoms with Crippen LogP contribution in [0.15, 0.2) is 30.3 Å². The van der Waals surface area contributed by atoms with Gasteiger partial charge in [0, 0.05) is 6.42 Å². The monoisotopic (exact) mass is 222 g/mol. The summed E-state index contributed by atoms with van der Waals surface area (Å²) in [5, 5.41) is 9.70. The minimum Gasteiger partial charge on any atom is -0.469 e. The van der Waals surface area contributed by atoms with Crippen LogP contribution in [-0.2, 0) is 14.3 Å². The van der Waals surface area contributed by atoms with Crippen LogP contribution in [0.1, 0.15) is 24.5 Å². The van der Waals surface area contributed by atoms with Crippen LogP contribution in [0.5, 0.6) is 0 Å². The fraction of sp³-hybridized carbons (Fsp3) is 0.333. The standard InChI is InChI=1S/C12H14O4/c1-16-12(15)8-10(13)7-11(14)9-5-3-2-4-6-9/h2-6,11,14H,7-8H2,1H3/t11-/m0/s1. The Morgan fingerprint density at radius 1 is 1.31 bits per heavy atom. The van der Waals surface area contributed by atoms with Crippen molar-refractivity contribution in [3.63, 3.8) is 0 Å². The zero-order valence-corrected chi connectivity index (χ0v) is 9.05. The van der Waals surface area contributed by atoms with E-state index in [2.05, 4.69) is 4.74 Å². The number of Topliss-reactive ketones (excluding diaryl/α,β-unsaturated/α-hetero) is 1. The molecule has 0 bridgehead atoms. The summed E-state index contributed by atoms with van der Waals surface area (Å²) in [6, 6.07) is 8.85. The summed E-state index contributed by atoms with van der Waals surface area (Å²) in [7, 11) is 1.23. The molecule has 0 aromatic heterocycles. The Morgan fingerprint density at radius 3 is 2.50 bits per heavy atom. The summed E-state index contributed by atoms with van der Waals surface area (Å²) in [6.45, 7) is 0. The minimum atomic E-state index is -0.863. The molecule has 86 valence electrons. The third-order valence-corrected chi connectivity index (χ3v) is 2.17. The SMILES string of the molecule is COC(=O)CC(=O)C[C@H](O)c1ccccc1. The second-order valence-corrected chi connectivity index (χ2v) is 3.42. The number of methoxy groups -OCH3 is 1. The molecule has 0 amide bonds. The highest BCUT2D eigenvalue weighted by molar-refractivity contribution is 5.95. The summed E-state index contributed by atoms with van der Waals surface area (Å²) in [5.74, 6) is -0.909. The Bertz CT molecular complexity index is 359. The Morgan fingerprint density at radius 2 is 1.94 bits per heavy atom. The molecule has 1 N–H and O–H groups in total. The number of aliphatic hydroxyl groups excluding tert-OH is 1. The highest BCUT2D eigenvalue weighted by Crippen LogP contribution is 2.16. The number of ketones is 1. The number of rotatable bonds is 5. The predicted molar refractivity (Wildman–Crippen MR) is 57.7 cm³/mol. The summed E-state index contributed by atoms with van der Waals surface area (Å²) in [4.78, 5) is 22.2. The highest BCUT2D eigenvalue weighted by atomic mass is 16.5. The first kappa shape index (κ1) is 12.4. The molecule has 1 rings (SSSR count). The van der Waals surface area contributed by atoms with E-state index in [4.69, 9.17) is 0 Å². The first-order chi connectivity index (χ1) is 7.63. The van der Waals surface area contributed by atoms with Gasteiger partial charge in [-0.05, 0) is 5.56 Å². The lowest BCUT2D eigenvalue weighted by atomic mass is 10.0. The lowest BCUT2D eigenvalue weighted by molar-refractivity contribution is -0.143. The number of hydrogen-bond donors (Lipinski definition) is 1. The van der Waals surface area contributed by atoms with E-state index in [-0.39, 0.29) is 18.6 Å². The fourth-order valence-corrected chi connectivity index (χ4v) is 1.31. The predicted octanol–water partition coefficient (Wildman–Crippen LogP) is 1.24. The summed E-state index contributed by atoms with van der Waals surface area (Å²) in [5.41, 5.74) is 0.667. The van der Waals surface area contributed by atoms with Gasteiger partial charge in [-0.15, -0.1) is 0 Å². The average Bonchev–Trinajstić information content (AvgIpc) is 2.29. The lowest BCUT2D eigenvalue weighted by Gasteiger charge is -2.09. The first-order valence-electron chi connectivity index (χ1n) is 4.95. The van der Waals surface area contributed by atoms with Gasteiger partial charge in [-0.2, -0.15) is 0 Å². The van der Waals surface area contributed by atoms with Crippen molar-refractivity contribution >= 4 is 11.8 Å². The number of carbonyl (C=O) groups is 2. The van der Waals surface area contributed by atoms with Crippen molar-refractivity contribution in [2.75, 3.05) is 7.11 Å². The van der Waals surface area contributed by atoms with Gasteiger partial charge in [-0.1, -0.05) is 30.3 Å². The molecular weight excluding hydrogens is 208 g/mol. The van der Waals surface area contributed by atoms with E-state index in [0.717, 1.165) is 0 Å². The van der Waals surface area contributed by atoms with E-state index >= 15 is 0 Å². The van der Waals surface area contributed by atoms with Crippen molar-refractivity contribution < 1.29 is 19.4 Å². The van der Waals surface area contributed by atoms with Crippen LogP contribution in [0.3, 0.4) is 0 Å². The number of ether oxygens (including phenoxy) is 1. The molecule has 0 saturated carbocycles. The van der Waals surface area contributed by atoms with Gasteiger partial charge in [0.2, 0.25) is 0 Å². The number of esters is 1. The Hall–Kier alpha value is -1.68. The maximum atomic E-state index is 11.3. The molecule has 0 heterocycles. The molecule has 0 aliphatic rings. The molecule has 0 unspecified atom stereocenters. The van der Waals surface area contributed by atoms with E-state index in [9.17, 15) is 14.7 Å². The van der Waals surface area contributed by atoms with Crippen molar-refractivity contribution in [2.45, 2.75) is 18.9 Å². The Balaban J connectivity index is 2.49. The van der Waals surface area contributed by atoms with Crippen LogP contribution >= 0.6 is 0 Å². The third kappa shape index (κ3) is 3.82. The summed E-state index contributed by atoms with van der Waals surface area (Å²) in [6.07, 6.45) is -1.22. The van der Waals surface area contributed by atoms with Gasteiger partial charge in [0.25, 0.3) is 0 Å². The minimum absolute atomic E-state index is 0.0703. The molecule has 0 radical (unpaired) electrons. The van der Waals surface area contributed by atoms with Crippen LogP contribution in [-0.4, -0.2) is 24.0 Å². The molecule has 1 atom stereocenters. The van der Waals surface area contributed by atoms with Crippen molar-refractivity contribution in [2.24, 2.45) is 0 Å². The van der Waals surface area contributed by atoms with Crippen LogP contribution < -0.4 is 0 Å². The fourth-order valence-electron chi connectivity index (χ4n) is 1.31. The molecule has 0 fully saturated rings. The number of hydrogen-bond acceptors (Lipinski definition) is 4. The van der Waals surface area contributed by atoms with Crippen LogP contribution in [0, 0.1) is 0 Å². The second kappa shape index (κ2) is 6.02. The van der Waals surface area contributed by atoms with Crippen LogP contribution in [0.4, 0.5) is 0 Å². The van der Waals surface area contributed by atoms with E-state index in [0.29, 0.717) is 5.56 Å². The van der Waals surface area contributed by atoms with E-state index < -0.39 is 12.1 Å². The highest BCUT2D eigenvalue weighted by Gasteiger charge is 2.15. The second-order valence-electron chi connectivity index (χ2n) is 3.42. The van der Waals surface area contributed by atoms with Crippen LogP contribution in [0.25, 0.3) is 0 Å². The maximum Gasteiger partial charge on any atom is 0.313 e. The normalized spacial score (nSPS) is 11.9. The molecule has 0 aliphatic carbocycles. The first-order valence-corrected chi connectivity index (χ1v) is 4.95. The zero-order chi connectivity index (χ0) is 12.0. The number of benzene rings is 1. The quantitative estimate of drug-likeness (QED) is 0.601. The van der Waals surface area contributed by atoms with Crippen molar-refractivity contribution in [1.29, 1.82) is 0 Å². The van der Waals surface area contributed by atoms with Crippen LogP contribution in [0.2, 0.25) is 0 Å². The van der Waals surface area contributed by atoms with Gasteiger partial charge in [0.05, 0.1) is 13.2 Å². The maximum absolute atomic E-state index is 11.3. The van der Waals surface area contributed by atoms with Gasteiger partial charge in [0.15, 0.2) is 0 Å². The van der Waals surface area contributed by atoms with Crippen molar-refractivity contribution in [3.05, 3.63) is 35.9 Å². The van der Waals surface area contributed by atoms with Gasteiger partial charge in [-0.3, -0.25) is 9.59 Å². The number of carbonyl (C=O) groups excluding carboxylic acids is 2. The zero-order valence-electron chi connectivity index (χ0n) is 9.05. The van der Waals surface area contributed by atoms with Crippen molar-refractivity contribution in [1.82, 2.24) is 0 Å². The molecule has 16 heavy (non-hydrogen) atoms. The topological polar surface area (TPSA) is 63.6 Å². The number of aliphatic hydroxyl groups is 1. The third-order valence-electron chi connectivity index (χ3n) is 2.17. The summed E-state index contributed by atoms with van der Waals surface area (Å²) >= 11 is 0. The average molecular weight is 222 g/mol. The molecule has 1 aromatic carbocycles. The largest absolute Gasteiger partial charge is 0.469 e. The smallest absolute Gasteiger partial charge is 0.313 e. The van der Waals surface area contributed by atoms with E-state index in [1.807, 2.05) is 6.07 Å². The molecule has 0 spiro atoms. The van der Waals surface area contributed by atoms with Gasteiger partial charge >= 0.3 is 5.97 Å². The van der Waals surface area contributed by atoms with Gasteiger partial charge < -0.3 is 9.84 Å². The van der Waals surface area contributed by atoms with Gasteiger partial charge in [0.1, 0.15) is 12.2 Å². The van der Waals surface area contributed by atoms with Crippen molar-refractivity contribution in [3.8, 4) is 0 Å². The molecule has 4 nitrogen and oxygen atoms in total. The Kier molecular flexibility index (Phi) is 4.66. The molecule has 1 aromatic rings. The summed E-state index contributed by atoms with van der Waals surface area (Å²) < 4.78 is 4.37. The Labute approximate surface area is 93.9 Å². The molecule has 0 aliphatic heterocycles. The molecule has 4 heteroatoms. The lowest BCUT2D eigenvalue weighted by Crippen LogP contribution is -2.12.